The number of sulfonamides is 1. The molecule has 1 saturated heterocycles. The molecule has 30 heavy (non-hydrogen) atoms. The van der Waals surface area contributed by atoms with Crippen LogP contribution in [0.4, 0.5) is 15.9 Å². The first-order chi connectivity index (χ1) is 14.4. The number of nitrogens with one attached hydrogen (secondary N) is 2. The number of anilines is 2. The van der Waals surface area contributed by atoms with Crippen LogP contribution in [0.2, 0.25) is 5.02 Å². The largest absolute Gasteiger partial charge is 0.380 e. The monoisotopic (exact) mass is 450 g/mol. The predicted molar refractivity (Wildman–Crippen MR) is 112 cm³/mol. The van der Waals surface area contributed by atoms with Gasteiger partial charge in [0.15, 0.2) is 5.82 Å². The molecule has 1 aliphatic heterocycles. The molecule has 2 heterocycles. The van der Waals surface area contributed by atoms with Gasteiger partial charge in [-0.3, -0.25) is 9.62 Å². The van der Waals surface area contributed by atoms with Crippen molar-refractivity contribution < 1.29 is 17.3 Å². The van der Waals surface area contributed by atoms with Crippen LogP contribution in [0, 0.1) is 5.82 Å². The van der Waals surface area contributed by atoms with Gasteiger partial charge < -0.3 is 9.84 Å². The minimum absolute atomic E-state index is 0.0495. The third-order valence-electron chi connectivity index (χ3n) is 4.92. The van der Waals surface area contributed by atoms with Gasteiger partial charge in [-0.1, -0.05) is 41.0 Å². The quantitative estimate of drug-likeness (QED) is 0.537. The molecule has 1 fully saturated rings. The average molecular weight is 451 g/mol. The molecule has 2 N–H and O–H groups in total. The summed E-state index contributed by atoms with van der Waals surface area (Å²) in [5.41, 5.74) is 2.58. The fraction of sp³-hybridized carbons (Fsp3) is 0.250. The first-order valence-corrected chi connectivity index (χ1v) is 11.2. The summed E-state index contributed by atoms with van der Waals surface area (Å²) in [6.07, 6.45) is 2.42. The molecule has 158 valence electrons. The molecule has 2 aromatic carbocycles. The smallest absolute Gasteiger partial charge is 0.266 e. The zero-order valence-corrected chi connectivity index (χ0v) is 17.5. The molecule has 3 aromatic rings. The second-order valence-electron chi connectivity index (χ2n) is 7.00. The molecule has 4 rings (SSSR count). The number of nitrogens with zero attached hydrogens (tertiary/aromatic N) is 2. The van der Waals surface area contributed by atoms with Gasteiger partial charge in [-0.15, -0.1) is 0 Å². The van der Waals surface area contributed by atoms with E-state index in [-0.39, 0.29) is 10.8 Å². The van der Waals surface area contributed by atoms with Crippen molar-refractivity contribution in [3.8, 4) is 0 Å². The number of aromatic nitrogens is 1. The van der Waals surface area contributed by atoms with Crippen molar-refractivity contribution in [3.05, 3.63) is 70.7 Å². The summed E-state index contributed by atoms with van der Waals surface area (Å²) in [6.45, 7) is 3.49. The van der Waals surface area contributed by atoms with E-state index in [9.17, 15) is 12.8 Å². The Hall–Kier alpha value is -2.62. The summed E-state index contributed by atoms with van der Waals surface area (Å²) >= 11 is 6.25. The second kappa shape index (κ2) is 8.63. The second-order valence-corrected chi connectivity index (χ2v) is 9.06. The van der Waals surface area contributed by atoms with E-state index in [4.69, 9.17) is 11.6 Å². The topological polar surface area (TPSA) is 87.5 Å². The van der Waals surface area contributed by atoms with Crippen molar-refractivity contribution in [1.82, 2.24) is 10.1 Å². The van der Waals surface area contributed by atoms with Crippen LogP contribution in [0.5, 0.6) is 0 Å². The zero-order valence-electron chi connectivity index (χ0n) is 15.9. The van der Waals surface area contributed by atoms with E-state index in [1.165, 1.54) is 24.3 Å². The Labute approximate surface area is 178 Å². The Balaban J connectivity index is 1.50. The third-order valence-corrected chi connectivity index (χ3v) is 6.60. The predicted octanol–water partition coefficient (Wildman–Crippen LogP) is 4.09. The summed E-state index contributed by atoms with van der Waals surface area (Å²) in [5, 5.41) is 6.67. The fourth-order valence-corrected chi connectivity index (χ4v) is 4.56. The third kappa shape index (κ3) is 4.58. The van der Waals surface area contributed by atoms with E-state index in [1.54, 1.807) is 0 Å². The molecule has 7 nitrogen and oxygen atoms in total. The maximum Gasteiger partial charge on any atom is 0.266 e. The first-order valence-electron chi connectivity index (χ1n) is 9.37. The highest BCUT2D eigenvalue weighted by atomic mass is 35.5. The summed E-state index contributed by atoms with van der Waals surface area (Å²) < 4.78 is 46.2. The van der Waals surface area contributed by atoms with Gasteiger partial charge in [0.25, 0.3) is 10.0 Å². The maximum absolute atomic E-state index is 14.6. The maximum atomic E-state index is 14.6. The average Bonchev–Trinajstić information content (AvgIpc) is 3.18. The van der Waals surface area contributed by atoms with E-state index in [1.807, 2.05) is 18.2 Å². The molecule has 0 amide bonds. The SMILES string of the molecule is O=S(=O)(Nc1ccon1)c1cc(Cl)c(NCc2ccccc2CN2CCC2)cc1F. The Kier molecular flexibility index (Phi) is 5.94. The lowest BCUT2D eigenvalue weighted by Gasteiger charge is -2.31. The zero-order chi connectivity index (χ0) is 21.1. The Bertz CT molecular complexity index is 1130. The van der Waals surface area contributed by atoms with Crippen LogP contribution in [-0.2, 0) is 23.1 Å². The summed E-state index contributed by atoms with van der Waals surface area (Å²) in [5.74, 6) is -0.974. The Morgan fingerprint density at radius 2 is 1.93 bits per heavy atom. The molecule has 1 aromatic heterocycles. The van der Waals surface area contributed by atoms with Gasteiger partial charge >= 0.3 is 0 Å². The Morgan fingerprint density at radius 3 is 2.60 bits per heavy atom. The lowest BCUT2D eigenvalue weighted by atomic mass is 10.1. The molecule has 0 atom stereocenters. The minimum Gasteiger partial charge on any atom is -0.380 e. The van der Waals surface area contributed by atoms with Gasteiger partial charge in [0, 0.05) is 19.2 Å². The lowest BCUT2D eigenvalue weighted by Crippen LogP contribution is -2.36. The molecule has 0 saturated carbocycles. The summed E-state index contributed by atoms with van der Waals surface area (Å²) in [6, 6.07) is 11.5. The van der Waals surface area contributed by atoms with Crippen molar-refractivity contribution in [2.24, 2.45) is 0 Å². The van der Waals surface area contributed by atoms with Gasteiger partial charge in [-0.2, -0.15) is 0 Å². The molecule has 0 spiro atoms. The van der Waals surface area contributed by atoms with Crippen LogP contribution in [0.3, 0.4) is 0 Å². The van der Waals surface area contributed by atoms with Gasteiger partial charge in [0.2, 0.25) is 0 Å². The Morgan fingerprint density at radius 1 is 1.17 bits per heavy atom. The van der Waals surface area contributed by atoms with Crippen molar-refractivity contribution >= 4 is 33.1 Å². The van der Waals surface area contributed by atoms with E-state index in [0.29, 0.717) is 12.2 Å². The van der Waals surface area contributed by atoms with E-state index < -0.39 is 20.7 Å². The van der Waals surface area contributed by atoms with E-state index >= 15 is 0 Å². The summed E-state index contributed by atoms with van der Waals surface area (Å²) in [4.78, 5) is 1.78. The molecule has 0 aliphatic carbocycles. The van der Waals surface area contributed by atoms with Crippen molar-refractivity contribution in [1.29, 1.82) is 0 Å². The summed E-state index contributed by atoms with van der Waals surface area (Å²) in [7, 11) is -4.20. The van der Waals surface area contributed by atoms with Crippen LogP contribution in [-0.4, -0.2) is 31.6 Å². The highest BCUT2D eigenvalue weighted by molar-refractivity contribution is 7.92. The lowest BCUT2D eigenvalue weighted by molar-refractivity contribution is 0.172. The van der Waals surface area contributed by atoms with E-state index in [0.717, 1.165) is 37.3 Å². The number of halogens is 2. The van der Waals surface area contributed by atoms with Crippen molar-refractivity contribution in [3.63, 3.8) is 0 Å². The van der Waals surface area contributed by atoms with Crippen LogP contribution in [0.1, 0.15) is 17.5 Å². The minimum atomic E-state index is -4.20. The molecular formula is C20H20ClFN4O3S. The first kappa shape index (κ1) is 20.6. The molecule has 0 bridgehead atoms. The molecule has 1 aliphatic rings. The number of likely N-dealkylation sites (tertiary alicyclic amines) is 1. The van der Waals surface area contributed by atoms with Gasteiger partial charge in [0.05, 0.1) is 10.7 Å². The van der Waals surface area contributed by atoms with Gasteiger partial charge in [-0.25, -0.2) is 12.8 Å². The van der Waals surface area contributed by atoms with Crippen LogP contribution in [0.25, 0.3) is 0 Å². The van der Waals surface area contributed by atoms with Gasteiger partial charge in [-0.05, 0) is 42.8 Å². The van der Waals surface area contributed by atoms with Gasteiger partial charge in [0.1, 0.15) is 17.0 Å². The van der Waals surface area contributed by atoms with Crippen LogP contribution in [0.15, 0.2) is 58.1 Å². The highest BCUT2D eigenvalue weighted by Gasteiger charge is 2.23. The molecule has 10 heteroatoms. The molecule has 0 unspecified atom stereocenters. The van der Waals surface area contributed by atoms with Crippen LogP contribution >= 0.6 is 11.6 Å². The number of hydrogen-bond acceptors (Lipinski definition) is 6. The molecular weight excluding hydrogens is 431 g/mol. The van der Waals surface area contributed by atoms with Crippen molar-refractivity contribution in [2.75, 3.05) is 23.1 Å². The van der Waals surface area contributed by atoms with Crippen molar-refractivity contribution in [2.45, 2.75) is 24.4 Å². The van der Waals surface area contributed by atoms with Crippen LogP contribution < -0.4 is 10.0 Å². The normalized spacial score (nSPS) is 14.3. The number of rotatable bonds is 8. The number of benzene rings is 2. The standard InChI is InChI=1S/C20H20ClFN4O3S/c21-16-10-19(30(27,28)25-20-6-9-29-24-20)17(22)11-18(16)23-12-14-4-1-2-5-15(14)13-26-7-3-8-26/h1-2,4-6,9-11,23H,3,7-8,12-13H2,(H,24,25). The molecule has 0 radical (unpaired) electrons. The highest BCUT2D eigenvalue weighted by Crippen LogP contribution is 2.30. The number of hydrogen-bond donors (Lipinski definition) is 2. The fourth-order valence-electron chi connectivity index (χ4n) is 3.18. The van der Waals surface area contributed by atoms with E-state index in [2.05, 4.69) is 30.7 Å².